The highest BCUT2D eigenvalue weighted by Gasteiger charge is 2.28. The van der Waals surface area contributed by atoms with Gasteiger partial charge in [-0.1, -0.05) is 12.1 Å². The lowest BCUT2D eigenvalue weighted by molar-refractivity contribution is -0.154. The second-order valence-corrected chi connectivity index (χ2v) is 5.98. The number of rotatable bonds is 9. The first kappa shape index (κ1) is 25.6. The summed E-state index contributed by atoms with van der Waals surface area (Å²) in [5.41, 5.74) is 7.57. The molecule has 2 aromatic rings. The van der Waals surface area contributed by atoms with Gasteiger partial charge in [0.15, 0.2) is 24.1 Å². The minimum atomic E-state index is -4.40. The molecule has 0 aliphatic rings. The number of alkyl halides is 3. The number of nitrogens with two attached hydrogens (primary N) is 1. The second-order valence-electron chi connectivity index (χ2n) is 5.98. The van der Waals surface area contributed by atoms with Crippen molar-refractivity contribution in [1.29, 1.82) is 0 Å². The summed E-state index contributed by atoms with van der Waals surface area (Å²) in [7, 11) is 3.16. The molecule has 30 heavy (non-hydrogen) atoms. The van der Waals surface area contributed by atoms with E-state index >= 15 is 0 Å². The van der Waals surface area contributed by atoms with E-state index < -0.39 is 12.8 Å². The summed E-state index contributed by atoms with van der Waals surface area (Å²) in [5.74, 6) is 1.47. The first-order chi connectivity index (χ1) is 13.8. The van der Waals surface area contributed by atoms with Gasteiger partial charge < -0.3 is 25.3 Å². The van der Waals surface area contributed by atoms with Crippen LogP contribution in [0.4, 0.5) is 13.2 Å². The van der Waals surface area contributed by atoms with Crippen LogP contribution in [-0.4, -0.2) is 44.5 Å². The Balaban J connectivity index is 0.00000450. The van der Waals surface area contributed by atoms with Crippen LogP contribution >= 0.6 is 24.0 Å². The van der Waals surface area contributed by atoms with Crippen LogP contribution in [0, 0.1) is 0 Å². The van der Waals surface area contributed by atoms with Gasteiger partial charge in [0.25, 0.3) is 0 Å². The number of aliphatic imine (C=N–C) groups is 1. The number of ether oxygens (including phenoxy) is 3. The van der Waals surface area contributed by atoms with Crippen LogP contribution in [0.15, 0.2) is 41.5 Å². The van der Waals surface area contributed by atoms with Crippen LogP contribution in [0.3, 0.4) is 0 Å². The fourth-order valence-electron chi connectivity index (χ4n) is 2.35. The van der Waals surface area contributed by atoms with E-state index in [1.54, 1.807) is 20.3 Å². The number of aromatic nitrogens is 1. The molecule has 0 saturated heterocycles. The Labute approximate surface area is 189 Å². The highest BCUT2D eigenvalue weighted by Crippen LogP contribution is 2.27. The van der Waals surface area contributed by atoms with E-state index in [-0.39, 0.29) is 42.4 Å². The maximum absolute atomic E-state index is 12.1. The number of methoxy groups -OCH3 is 2. The molecular weight excluding hydrogens is 516 g/mol. The van der Waals surface area contributed by atoms with Gasteiger partial charge in [0.05, 0.1) is 20.8 Å². The quantitative estimate of drug-likeness (QED) is 0.288. The second kappa shape index (κ2) is 12.3. The molecule has 0 unspecified atom stereocenters. The number of nitrogens with zero attached hydrogens (tertiary/aromatic N) is 2. The number of hydrogen-bond acceptors (Lipinski definition) is 5. The van der Waals surface area contributed by atoms with Crippen molar-refractivity contribution in [3.63, 3.8) is 0 Å². The average molecular weight is 540 g/mol. The summed E-state index contributed by atoms with van der Waals surface area (Å²) < 4.78 is 51.3. The van der Waals surface area contributed by atoms with E-state index in [2.05, 4.69) is 20.0 Å². The molecule has 3 N–H and O–H groups in total. The lowest BCUT2D eigenvalue weighted by Gasteiger charge is -2.10. The van der Waals surface area contributed by atoms with Gasteiger partial charge in [0.1, 0.15) is 0 Å². The van der Waals surface area contributed by atoms with Gasteiger partial charge in [0.2, 0.25) is 5.88 Å². The summed E-state index contributed by atoms with van der Waals surface area (Å²) >= 11 is 0. The molecule has 0 saturated carbocycles. The van der Waals surface area contributed by atoms with Crippen molar-refractivity contribution in [2.45, 2.75) is 19.1 Å². The lowest BCUT2D eigenvalue weighted by Crippen LogP contribution is -2.33. The zero-order valence-corrected chi connectivity index (χ0v) is 18.9. The van der Waals surface area contributed by atoms with Crippen LogP contribution in [-0.2, 0) is 13.0 Å². The number of pyridine rings is 1. The molecule has 0 spiro atoms. The standard InChI is InChI=1S/C19H23F3N4O3.HI/c1-27-15-5-3-13(9-16(15)28-2)7-8-24-18(23)26-11-14-4-6-17(25-10-14)29-12-19(20,21)22;/h3-6,9-10H,7-8,11-12H2,1-2H3,(H3,23,24,26);1H. The van der Waals surface area contributed by atoms with Crippen molar-refractivity contribution in [2.75, 3.05) is 27.4 Å². The minimum absolute atomic E-state index is 0. The fourth-order valence-corrected chi connectivity index (χ4v) is 2.35. The van der Waals surface area contributed by atoms with Crippen molar-refractivity contribution in [3.8, 4) is 17.4 Å². The van der Waals surface area contributed by atoms with Gasteiger partial charge in [-0.05, 0) is 29.7 Å². The highest BCUT2D eigenvalue weighted by atomic mass is 127. The highest BCUT2D eigenvalue weighted by molar-refractivity contribution is 14.0. The molecule has 0 aliphatic carbocycles. The molecule has 0 bridgehead atoms. The molecule has 0 aliphatic heterocycles. The average Bonchev–Trinajstić information content (AvgIpc) is 2.70. The van der Waals surface area contributed by atoms with Gasteiger partial charge in [0, 0.05) is 18.8 Å². The van der Waals surface area contributed by atoms with Crippen molar-refractivity contribution < 1.29 is 27.4 Å². The molecule has 2 rings (SSSR count). The van der Waals surface area contributed by atoms with Crippen molar-refractivity contribution in [2.24, 2.45) is 10.7 Å². The third-order valence-corrected chi connectivity index (χ3v) is 3.78. The first-order valence-corrected chi connectivity index (χ1v) is 8.70. The van der Waals surface area contributed by atoms with Crippen molar-refractivity contribution in [3.05, 3.63) is 47.7 Å². The first-order valence-electron chi connectivity index (χ1n) is 8.70. The molecule has 0 amide bonds. The minimum Gasteiger partial charge on any atom is -0.493 e. The third kappa shape index (κ3) is 8.93. The maximum Gasteiger partial charge on any atom is 0.422 e. The Kier molecular flexibility index (Phi) is 10.5. The summed E-state index contributed by atoms with van der Waals surface area (Å²) in [6.45, 7) is -0.580. The molecule has 0 radical (unpaired) electrons. The van der Waals surface area contributed by atoms with Crippen LogP contribution < -0.4 is 25.3 Å². The van der Waals surface area contributed by atoms with E-state index in [4.69, 9.17) is 15.2 Å². The largest absolute Gasteiger partial charge is 0.493 e. The third-order valence-electron chi connectivity index (χ3n) is 3.78. The number of nitrogens with one attached hydrogen (secondary N) is 1. The van der Waals surface area contributed by atoms with Gasteiger partial charge >= 0.3 is 6.18 Å². The predicted molar refractivity (Wildman–Crippen MR) is 118 cm³/mol. The Bertz CT molecular complexity index is 818. The number of benzene rings is 1. The van der Waals surface area contributed by atoms with Crippen LogP contribution in [0.1, 0.15) is 11.1 Å². The van der Waals surface area contributed by atoms with Gasteiger partial charge in [-0.3, -0.25) is 0 Å². The zero-order chi connectivity index (χ0) is 21.3. The van der Waals surface area contributed by atoms with Crippen LogP contribution in [0.5, 0.6) is 17.4 Å². The molecule has 1 aromatic heterocycles. The zero-order valence-electron chi connectivity index (χ0n) is 16.5. The van der Waals surface area contributed by atoms with E-state index in [1.165, 1.54) is 12.3 Å². The fraction of sp³-hybridized carbons (Fsp3) is 0.368. The predicted octanol–water partition coefficient (Wildman–Crippen LogP) is 3.30. The molecule has 0 atom stereocenters. The Morgan fingerprint density at radius 2 is 1.80 bits per heavy atom. The summed E-state index contributed by atoms with van der Waals surface area (Å²) in [6, 6.07) is 8.60. The molecule has 0 fully saturated rings. The molecule has 11 heteroatoms. The van der Waals surface area contributed by atoms with Crippen LogP contribution in [0.25, 0.3) is 0 Å². The van der Waals surface area contributed by atoms with Gasteiger partial charge in [-0.2, -0.15) is 13.2 Å². The topological polar surface area (TPSA) is 91.0 Å². The normalized spacial score (nSPS) is 11.4. The summed E-state index contributed by atoms with van der Waals surface area (Å²) in [4.78, 5) is 8.00. The van der Waals surface area contributed by atoms with Crippen LogP contribution in [0.2, 0.25) is 0 Å². The maximum atomic E-state index is 12.1. The smallest absolute Gasteiger partial charge is 0.422 e. The van der Waals surface area contributed by atoms with E-state index in [0.29, 0.717) is 30.0 Å². The Morgan fingerprint density at radius 3 is 2.40 bits per heavy atom. The van der Waals surface area contributed by atoms with Crippen molar-refractivity contribution in [1.82, 2.24) is 10.3 Å². The van der Waals surface area contributed by atoms with E-state index in [0.717, 1.165) is 5.56 Å². The van der Waals surface area contributed by atoms with E-state index in [1.807, 2.05) is 18.2 Å². The SMILES string of the molecule is COc1ccc(CCNC(N)=NCc2ccc(OCC(F)(F)F)nc2)cc1OC.I. The molecule has 1 heterocycles. The monoisotopic (exact) mass is 540 g/mol. The molecule has 7 nitrogen and oxygen atoms in total. The molecule has 1 aromatic carbocycles. The van der Waals surface area contributed by atoms with Crippen molar-refractivity contribution >= 4 is 29.9 Å². The molecule has 166 valence electrons. The number of guanidine groups is 1. The van der Waals surface area contributed by atoms with Gasteiger partial charge in [-0.25, -0.2) is 9.98 Å². The summed E-state index contributed by atoms with van der Waals surface area (Å²) in [5, 5.41) is 3.00. The Morgan fingerprint density at radius 1 is 1.10 bits per heavy atom. The summed E-state index contributed by atoms with van der Waals surface area (Å²) in [6.07, 6.45) is -2.31. The van der Waals surface area contributed by atoms with Gasteiger partial charge in [-0.15, -0.1) is 24.0 Å². The molecular formula is C19H24F3IN4O3. The number of hydrogen-bond donors (Lipinski definition) is 2. The number of halogens is 4. The lowest BCUT2D eigenvalue weighted by atomic mass is 10.1. The van der Waals surface area contributed by atoms with E-state index in [9.17, 15) is 13.2 Å². The Hall–Kier alpha value is -2.44.